The molecule has 0 rings (SSSR count). The van der Waals surface area contributed by atoms with E-state index in [0.717, 1.165) is 0 Å². The van der Waals surface area contributed by atoms with Crippen molar-refractivity contribution in [2.45, 2.75) is 34.6 Å². The minimum atomic E-state index is 0.540. The molecule has 0 heterocycles. The standard InChI is InChI=1S/C14H24S/c1-8-12(10(3)4)14(15-7)13(9-2)11(5)6/h8-11H,1H2,2-7H3/b13-9-,14-12-. The zero-order valence-electron chi connectivity index (χ0n) is 10.9. The van der Waals surface area contributed by atoms with Gasteiger partial charge in [0.05, 0.1) is 0 Å². The summed E-state index contributed by atoms with van der Waals surface area (Å²) in [6.45, 7) is 15.0. The van der Waals surface area contributed by atoms with Gasteiger partial charge in [0.25, 0.3) is 0 Å². The van der Waals surface area contributed by atoms with E-state index in [1.54, 1.807) is 0 Å². The summed E-state index contributed by atoms with van der Waals surface area (Å²) in [6, 6.07) is 0. The van der Waals surface area contributed by atoms with Crippen molar-refractivity contribution in [1.82, 2.24) is 0 Å². The summed E-state index contributed by atoms with van der Waals surface area (Å²) in [6.07, 6.45) is 6.37. The Morgan fingerprint density at radius 1 is 1.13 bits per heavy atom. The van der Waals surface area contributed by atoms with Gasteiger partial charge in [-0.05, 0) is 36.2 Å². The van der Waals surface area contributed by atoms with Gasteiger partial charge >= 0.3 is 0 Å². The fourth-order valence-corrected chi connectivity index (χ4v) is 2.86. The minimum absolute atomic E-state index is 0.540. The Bertz CT molecular complexity index is 267. The van der Waals surface area contributed by atoms with E-state index in [9.17, 15) is 0 Å². The number of allylic oxidation sites excluding steroid dienone is 4. The predicted molar refractivity (Wildman–Crippen MR) is 74.2 cm³/mol. The summed E-state index contributed by atoms with van der Waals surface area (Å²) in [5, 5.41) is 0. The van der Waals surface area contributed by atoms with E-state index in [1.807, 2.05) is 17.8 Å². The highest BCUT2D eigenvalue weighted by Crippen LogP contribution is 2.33. The van der Waals surface area contributed by atoms with Crippen molar-refractivity contribution in [3.05, 3.63) is 34.8 Å². The second-order valence-corrected chi connectivity index (χ2v) is 5.06. The van der Waals surface area contributed by atoms with Gasteiger partial charge in [-0.15, -0.1) is 11.8 Å². The molecule has 0 nitrogen and oxygen atoms in total. The summed E-state index contributed by atoms with van der Waals surface area (Å²) in [5.41, 5.74) is 2.80. The molecule has 1 heteroatoms. The van der Waals surface area contributed by atoms with Crippen molar-refractivity contribution in [1.29, 1.82) is 0 Å². The summed E-state index contributed by atoms with van der Waals surface area (Å²) in [7, 11) is 0. The zero-order valence-corrected chi connectivity index (χ0v) is 11.7. The Morgan fingerprint density at radius 2 is 1.67 bits per heavy atom. The first kappa shape index (κ1) is 14.6. The van der Waals surface area contributed by atoms with Gasteiger partial charge in [0.15, 0.2) is 0 Å². The fourth-order valence-electron chi connectivity index (χ4n) is 1.72. The molecule has 0 N–H and O–H groups in total. The maximum atomic E-state index is 3.93. The van der Waals surface area contributed by atoms with Crippen molar-refractivity contribution in [2.75, 3.05) is 6.26 Å². The number of hydrogen-bond donors (Lipinski definition) is 0. The van der Waals surface area contributed by atoms with Crippen LogP contribution in [0.3, 0.4) is 0 Å². The van der Waals surface area contributed by atoms with Crippen molar-refractivity contribution < 1.29 is 0 Å². The van der Waals surface area contributed by atoms with Gasteiger partial charge in [-0.2, -0.15) is 0 Å². The van der Waals surface area contributed by atoms with Gasteiger partial charge in [0.2, 0.25) is 0 Å². The predicted octanol–water partition coefficient (Wildman–Crippen LogP) is 5.05. The van der Waals surface area contributed by atoms with E-state index >= 15 is 0 Å². The second-order valence-electron chi connectivity index (χ2n) is 4.25. The van der Waals surface area contributed by atoms with Crippen LogP contribution in [-0.2, 0) is 0 Å². The smallest absolute Gasteiger partial charge is 0.0135 e. The third-order valence-electron chi connectivity index (χ3n) is 2.50. The molecular weight excluding hydrogens is 200 g/mol. The molecule has 0 amide bonds. The monoisotopic (exact) mass is 224 g/mol. The molecule has 0 aromatic carbocycles. The van der Waals surface area contributed by atoms with E-state index in [4.69, 9.17) is 0 Å². The van der Waals surface area contributed by atoms with Gasteiger partial charge in [0, 0.05) is 4.91 Å². The van der Waals surface area contributed by atoms with Crippen LogP contribution >= 0.6 is 11.8 Å². The molecule has 0 aromatic heterocycles. The van der Waals surface area contributed by atoms with Crippen LogP contribution < -0.4 is 0 Å². The summed E-state index contributed by atoms with van der Waals surface area (Å²) >= 11 is 1.83. The molecule has 0 aliphatic carbocycles. The fraction of sp³-hybridized carbons (Fsp3) is 0.571. The lowest BCUT2D eigenvalue weighted by Gasteiger charge is -2.19. The van der Waals surface area contributed by atoms with Gasteiger partial charge < -0.3 is 0 Å². The average molecular weight is 224 g/mol. The highest BCUT2D eigenvalue weighted by molar-refractivity contribution is 8.02. The van der Waals surface area contributed by atoms with Gasteiger partial charge in [0.1, 0.15) is 0 Å². The summed E-state index contributed by atoms with van der Waals surface area (Å²) in [5.74, 6) is 1.12. The van der Waals surface area contributed by atoms with Crippen LogP contribution in [0.1, 0.15) is 34.6 Å². The van der Waals surface area contributed by atoms with Crippen LogP contribution in [0.25, 0.3) is 0 Å². The molecular formula is C14H24S. The molecule has 15 heavy (non-hydrogen) atoms. The third-order valence-corrected chi connectivity index (χ3v) is 3.38. The lowest BCUT2D eigenvalue weighted by Crippen LogP contribution is -2.02. The van der Waals surface area contributed by atoms with Crippen LogP contribution in [0.4, 0.5) is 0 Å². The number of thioether (sulfide) groups is 1. The molecule has 0 radical (unpaired) electrons. The minimum Gasteiger partial charge on any atom is -0.129 e. The molecule has 0 unspecified atom stereocenters. The third kappa shape index (κ3) is 3.90. The molecule has 0 saturated heterocycles. The number of hydrogen-bond acceptors (Lipinski definition) is 1. The topological polar surface area (TPSA) is 0 Å². The van der Waals surface area contributed by atoms with Crippen molar-refractivity contribution in [2.24, 2.45) is 11.8 Å². The molecule has 0 saturated carbocycles. The average Bonchev–Trinajstić information content (AvgIpc) is 2.16. The Labute approximate surface area is 99.5 Å². The molecule has 0 spiro atoms. The van der Waals surface area contributed by atoms with E-state index in [1.165, 1.54) is 16.1 Å². The molecule has 86 valence electrons. The highest BCUT2D eigenvalue weighted by atomic mass is 32.2. The lowest BCUT2D eigenvalue weighted by atomic mass is 9.95. The van der Waals surface area contributed by atoms with Crippen LogP contribution in [0, 0.1) is 11.8 Å². The molecule has 0 fully saturated rings. The maximum absolute atomic E-state index is 3.93. The molecule has 0 atom stereocenters. The van der Waals surface area contributed by atoms with Crippen molar-refractivity contribution >= 4 is 11.8 Å². The van der Waals surface area contributed by atoms with Crippen molar-refractivity contribution in [3.63, 3.8) is 0 Å². The largest absolute Gasteiger partial charge is 0.129 e. The second kappa shape index (κ2) is 6.95. The van der Waals surface area contributed by atoms with E-state index < -0.39 is 0 Å². The SMILES string of the molecule is C=C/C(=C(SC)\C(=C/C)C(C)C)C(C)C. The first-order valence-electron chi connectivity index (χ1n) is 5.56. The molecule has 0 bridgehead atoms. The summed E-state index contributed by atoms with van der Waals surface area (Å²) in [4.78, 5) is 1.40. The van der Waals surface area contributed by atoms with Gasteiger partial charge in [-0.25, -0.2) is 0 Å². The van der Waals surface area contributed by atoms with Crippen LogP contribution in [0.2, 0.25) is 0 Å². The van der Waals surface area contributed by atoms with E-state index in [0.29, 0.717) is 11.8 Å². The molecule has 0 aliphatic heterocycles. The van der Waals surface area contributed by atoms with E-state index in [2.05, 4.69) is 53.5 Å². The Kier molecular flexibility index (Phi) is 6.75. The quantitative estimate of drug-likeness (QED) is 0.589. The first-order chi connectivity index (χ1) is 6.99. The van der Waals surface area contributed by atoms with Gasteiger partial charge in [-0.3, -0.25) is 0 Å². The maximum Gasteiger partial charge on any atom is 0.0135 e. The lowest BCUT2D eigenvalue weighted by molar-refractivity contribution is 0.758. The van der Waals surface area contributed by atoms with E-state index in [-0.39, 0.29) is 0 Å². The Hall–Kier alpha value is -0.430. The first-order valence-corrected chi connectivity index (χ1v) is 6.79. The van der Waals surface area contributed by atoms with Crippen LogP contribution in [0.15, 0.2) is 34.8 Å². The van der Waals surface area contributed by atoms with Crippen LogP contribution in [0.5, 0.6) is 0 Å². The van der Waals surface area contributed by atoms with Crippen molar-refractivity contribution in [3.8, 4) is 0 Å². The molecule has 0 aromatic rings. The highest BCUT2D eigenvalue weighted by Gasteiger charge is 2.13. The molecule has 0 aliphatic rings. The van der Waals surface area contributed by atoms with Gasteiger partial charge in [-0.1, -0.05) is 46.4 Å². The zero-order chi connectivity index (χ0) is 12.0. The Morgan fingerprint density at radius 3 is 1.87 bits per heavy atom. The summed E-state index contributed by atoms with van der Waals surface area (Å²) < 4.78 is 0. The number of rotatable bonds is 5. The Balaban J connectivity index is 5.44. The van der Waals surface area contributed by atoms with Crippen LogP contribution in [-0.4, -0.2) is 6.26 Å². The normalized spacial score (nSPS) is 14.5.